The van der Waals surface area contributed by atoms with Crippen LogP contribution >= 0.6 is 0 Å². The Bertz CT molecular complexity index is 1040. The van der Waals surface area contributed by atoms with Crippen LogP contribution < -0.4 is 10.4 Å². The van der Waals surface area contributed by atoms with Crippen molar-refractivity contribution in [3.8, 4) is 17.1 Å². The third kappa shape index (κ3) is 3.34. The van der Waals surface area contributed by atoms with Crippen molar-refractivity contribution in [1.82, 2.24) is 0 Å². The second-order valence-corrected chi connectivity index (χ2v) is 8.78. The number of ether oxygens (including phenoxy) is 2. The number of fused-ring (bicyclic) bond motifs is 2. The number of benzene rings is 1. The molecule has 1 saturated carbocycles. The second-order valence-electron chi connectivity index (χ2n) is 8.78. The molecular weight excluding hydrogens is 384 g/mol. The third-order valence-electron chi connectivity index (χ3n) is 6.50. The van der Waals surface area contributed by atoms with E-state index in [1.807, 2.05) is 30.3 Å². The normalized spacial score (nSPS) is 27.8. The SMILES string of the molecule is CC(=O)O[C@H]1C[C@@H](C(C)C)C[C@H]2C(=O)c3c(cc(-c4ccccc4)oc3=O)O[C@]12C. The van der Waals surface area contributed by atoms with Gasteiger partial charge in [-0.15, -0.1) is 0 Å². The Morgan fingerprint density at radius 2 is 1.87 bits per heavy atom. The van der Waals surface area contributed by atoms with Gasteiger partial charge in [-0.2, -0.15) is 0 Å². The summed E-state index contributed by atoms with van der Waals surface area (Å²) >= 11 is 0. The number of rotatable bonds is 3. The summed E-state index contributed by atoms with van der Waals surface area (Å²) in [6.07, 6.45) is 0.606. The van der Waals surface area contributed by atoms with Gasteiger partial charge < -0.3 is 13.9 Å². The van der Waals surface area contributed by atoms with Gasteiger partial charge in [-0.25, -0.2) is 4.79 Å². The molecule has 0 amide bonds. The fraction of sp³-hybridized carbons (Fsp3) is 0.458. The molecule has 6 heteroatoms. The van der Waals surface area contributed by atoms with Crippen LogP contribution in [0.15, 0.2) is 45.6 Å². The molecule has 0 radical (unpaired) electrons. The molecule has 1 fully saturated rings. The van der Waals surface area contributed by atoms with Crippen molar-refractivity contribution in [3.05, 3.63) is 52.4 Å². The highest BCUT2D eigenvalue weighted by Gasteiger charge is 2.57. The van der Waals surface area contributed by atoms with E-state index in [9.17, 15) is 14.4 Å². The lowest BCUT2D eigenvalue weighted by Crippen LogP contribution is -2.62. The summed E-state index contributed by atoms with van der Waals surface area (Å²) in [6, 6.07) is 10.8. The molecule has 2 aliphatic rings. The van der Waals surface area contributed by atoms with Gasteiger partial charge >= 0.3 is 11.6 Å². The van der Waals surface area contributed by atoms with Crippen LogP contribution in [0.5, 0.6) is 5.75 Å². The number of hydrogen-bond donors (Lipinski definition) is 0. The van der Waals surface area contributed by atoms with Gasteiger partial charge in [0.05, 0.1) is 5.92 Å². The summed E-state index contributed by atoms with van der Waals surface area (Å²) in [7, 11) is 0. The van der Waals surface area contributed by atoms with Gasteiger partial charge in [-0.3, -0.25) is 9.59 Å². The van der Waals surface area contributed by atoms with Crippen molar-refractivity contribution < 1.29 is 23.5 Å². The highest BCUT2D eigenvalue weighted by molar-refractivity contribution is 6.02. The van der Waals surface area contributed by atoms with Crippen LogP contribution in [-0.2, 0) is 9.53 Å². The minimum atomic E-state index is -1.04. The summed E-state index contributed by atoms with van der Waals surface area (Å²) in [5.41, 5.74) is -1.08. The molecule has 4 rings (SSSR count). The van der Waals surface area contributed by atoms with Crippen LogP contribution in [0.1, 0.15) is 50.9 Å². The molecule has 1 aromatic carbocycles. The standard InChI is InChI=1S/C24H26O6/c1-13(2)16-10-17-22(26)21-19(30-24(17,4)20(11-16)28-14(3)25)12-18(29-23(21)27)15-8-6-5-7-9-15/h5-9,12-13,16-17,20H,10-11H2,1-4H3/t16-,17-,20-,24-/m0/s1. The third-order valence-corrected chi connectivity index (χ3v) is 6.50. The molecule has 0 bridgehead atoms. The molecule has 30 heavy (non-hydrogen) atoms. The molecule has 6 nitrogen and oxygen atoms in total. The zero-order valence-electron chi connectivity index (χ0n) is 17.6. The maximum absolute atomic E-state index is 13.4. The van der Waals surface area contributed by atoms with Crippen molar-refractivity contribution in [2.24, 2.45) is 17.8 Å². The number of esters is 1. The molecular formula is C24H26O6. The monoisotopic (exact) mass is 410 g/mol. The average Bonchev–Trinajstić information content (AvgIpc) is 2.68. The first kappa shape index (κ1) is 20.4. The van der Waals surface area contributed by atoms with Crippen LogP contribution in [0.2, 0.25) is 0 Å². The van der Waals surface area contributed by atoms with E-state index >= 15 is 0 Å². The topological polar surface area (TPSA) is 82.8 Å². The summed E-state index contributed by atoms with van der Waals surface area (Å²) < 4.78 is 17.4. The molecule has 4 atom stereocenters. The van der Waals surface area contributed by atoms with E-state index in [2.05, 4.69) is 13.8 Å². The van der Waals surface area contributed by atoms with Crippen molar-refractivity contribution >= 4 is 11.8 Å². The number of hydrogen-bond acceptors (Lipinski definition) is 6. The predicted octanol–water partition coefficient (Wildman–Crippen LogP) is 4.25. The maximum atomic E-state index is 13.4. The molecule has 2 heterocycles. The van der Waals surface area contributed by atoms with Gasteiger partial charge in [0, 0.05) is 18.6 Å². The van der Waals surface area contributed by atoms with Crippen LogP contribution in [0, 0.1) is 17.8 Å². The van der Waals surface area contributed by atoms with E-state index in [1.54, 1.807) is 13.0 Å². The van der Waals surface area contributed by atoms with Crippen molar-refractivity contribution in [2.45, 2.75) is 52.2 Å². The highest BCUT2D eigenvalue weighted by atomic mass is 16.6. The van der Waals surface area contributed by atoms with Gasteiger partial charge in [0.2, 0.25) is 0 Å². The molecule has 0 unspecified atom stereocenters. The first-order chi connectivity index (χ1) is 14.2. The molecule has 158 valence electrons. The van der Waals surface area contributed by atoms with Crippen LogP contribution in [0.25, 0.3) is 11.3 Å². The van der Waals surface area contributed by atoms with Gasteiger partial charge in [0.25, 0.3) is 0 Å². The largest absolute Gasteiger partial charge is 0.482 e. The lowest BCUT2D eigenvalue weighted by atomic mass is 9.64. The number of carbonyl (C=O) groups is 2. The molecule has 1 aliphatic carbocycles. The van der Waals surface area contributed by atoms with E-state index in [4.69, 9.17) is 13.9 Å². The average molecular weight is 410 g/mol. The fourth-order valence-corrected chi connectivity index (χ4v) is 4.71. The molecule has 0 spiro atoms. The van der Waals surface area contributed by atoms with Gasteiger partial charge in [0.1, 0.15) is 23.2 Å². The van der Waals surface area contributed by atoms with E-state index < -0.39 is 29.2 Å². The van der Waals surface area contributed by atoms with E-state index in [0.29, 0.717) is 30.1 Å². The Kier molecular flexibility index (Phi) is 5.04. The van der Waals surface area contributed by atoms with Crippen LogP contribution in [0.4, 0.5) is 0 Å². The smallest absolute Gasteiger partial charge is 0.351 e. The second kappa shape index (κ2) is 7.42. The van der Waals surface area contributed by atoms with E-state index in [-0.39, 0.29) is 23.0 Å². The lowest BCUT2D eigenvalue weighted by molar-refractivity contribution is -0.173. The van der Waals surface area contributed by atoms with Crippen LogP contribution in [0.3, 0.4) is 0 Å². The van der Waals surface area contributed by atoms with Crippen molar-refractivity contribution in [3.63, 3.8) is 0 Å². The summed E-state index contributed by atoms with van der Waals surface area (Å²) in [5, 5.41) is 0. The molecule has 1 aromatic heterocycles. The van der Waals surface area contributed by atoms with E-state index in [1.165, 1.54) is 6.92 Å². The van der Waals surface area contributed by atoms with Gasteiger partial charge in [0.15, 0.2) is 11.4 Å². The molecule has 2 aromatic rings. The first-order valence-electron chi connectivity index (χ1n) is 10.3. The number of ketones is 1. The molecule has 1 aliphatic heterocycles. The van der Waals surface area contributed by atoms with Crippen LogP contribution in [-0.4, -0.2) is 23.5 Å². The van der Waals surface area contributed by atoms with Crippen molar-refractivity contribution in [1.29, 1.82) is 0 Å². The number of carbonyl (C=O) groups excluding carboxylic acids is 2. The minimum absolute atomic E-state index is 0.0527. The Morgan fingerprint density at radius 1 is 1.17 bits per heavy atom. The maximum Gasteiger partial charge on any atom is 0.351 e. The minimum Gasteiger partial charge on any atom is -0.482 e. The zero-order valence-corrected chi connectivity index (χ0v) is 17.6. The van der Waals surface area contributed by atoms with Gasteiger partial charge in [-0.1, -0.05) is 44.2 Å². The Labute approximate surface area is 175 Å². The predicted molar refractivity (Wildman–Crippen MR) is 110 cm³/mol. The van der Waals surface area contributed by atoms with Gasteiger partial charge in [-0.05, 0) is 31.6 Å². The summed E-state index contributed by atoms with van der Waals surface area (Å²) in [5.74, 6) is -0.293. The molecule has 0 N–H and O–H groups in total. The highest BCUT2D eigenvalue weighted by Crippen LogP contribution is 2.49. The summed E-state index contributed by atoms with van der Waals surface area (Å²) in [4.78, 5) is 38.0. The zero-order chi connectivity index (χ0) is 21.6. The first-order valence-corrected chi connectivity index (χ1v) is 10.3. The fourth-order valence-electron chi connectivity index (χ4n) is 4.71. The summed E-state index contributed by atoms with van der Waals surface area (Å²) in [6.45, 7) is 7.33. The lowest BCUT2D eigenvalue weighted by Gasteiger charge is -2.50. The molecule has 0 saturated heterocycles. The number of Topliss-reactive ketones (excluding diaryl/α,β-unsaturated/α-hetero) is 1. The Balaban J connectivity index is 1.82. The van der Waals surface area contributed by atoms with Crippen molar-refractivity contribution in [2.75, 3.05) is 0 Å². The van der Waals surface area contributed by atoms with E-state index in [0.717, 1.165) is 0 Å². The Morgan fingerprint density at radius 3 is 2.50 bits per heavy atom. The Hall–Kier alpha value is -2.89. The quantitative estimate of drug-likeness (QED) is 0.704.